The van der Waals surface area contributed by atoms with E-state index in [1.54, 1.807) is 32.4 Å². The lowest BCUT2D eigenvalue weighted by molar-refractivity contribution is -0.159. The third-order valence-corrected chi connectivity index (χ3v) is 3.27. The summed E-state index contributed by atoms with van der Waals surface area (Å²) in [6.07, 6.45) is 1.63. The van der Waals surface area contributed by atoms with Gasteiger partial charge in [0.15, 0.2) is 17.3 Å². The van der Waals surface area contributed by atoms with Crippen LogP contribution in [0.1, 0.15) is 25.8 Å². The van der Waals surface area contributed by atoms with Gasteiger partial charge in [-0.25, -0.2) is 5.43 Å². The van der Waals surface area contributed by atoms with Gasteiger partial charge in [-0.1, -0.05) is 0 Å². The van der Waals surface area contributed by atoms with Crippen molar-refractivity contribution < 1.29 is 23.7 Å². The Hall–Kier alpha value is -2.12. The number of hydrogen-bond acceptors (Lipinski definition) is 6. The predicted molar refractivity (Wildman–Crippen MR) is 84.8 cm³/mol. The number of nitrogens with one attached hydrogen (secondary N) is 1. The molecule has 1 heterocycles. The first kappa shape index (κ1) is 17.2. The van der Waals surface area contributed by atoms with Gasteiger partial charge in [0, 0.05) is 0 Å². The molecule has 1 aliphatic rings. The highest BCUT2D eigenvalue weighted by Gasteiger charge is 2.33. The van der Waals surface area contributed by atoms with Crippen LogP contribution in [0.4, 0.5) is 0 Å². The molecule has 1 saturated heterocycles. The summed E-state index contributed by atoms with van der Waals surface area (Å²) in [6, 6.07) is 5.40. The number of carbonyl (C=O) groups excluding carboxylic acids is 1. The van der Waals surface area contributed by atoms with Crippen molar-refractivity contribution in [1.29, 1.82) is 0 Å². The molecule has 0 spiro atoms. The molecule has 2 rings (SSSR count). The minimum absolute atomic E-state index is 0.0944. The molecule has 1 fully saturated rings. The maximum absolute atomic E-state index is 11.8. The van der Waals surface area contributed by atoms with E-state index in [1.165, 1.54) is 0 Å². The molecule has 0 unspecified atom stereocenters. The maximum atomic E-state index is 11.8. The lowest BCUT2D eigenvalue weighted by Crippen LogP contribution is -2.33. The second-order valence-corrected chi connectivity index (χ2v) is 5.14. The van der Waals surface area contributed by atoms with Crippen LogP contribution in [-0.4, -0.2) is 44.8 Å². The molecular formula is C16H22N2O5. The average Bonchev–Trinajstić information content (AvgIpc) is 2.94. The summed E-state index contributed by atoms with van der Waals surface area (Å²) in [4.78, 5) is 11.8. The van der Waals surface area contributed by atoms with Gasteiger partial charge in [0.05, 0.1) is 39.6 Å². The summed E-state index contributed by atoms with van der Waals surface area (Å²) >= 11 is 0. The molecule has 0 saturated carbocycles. The Morgan fingerprint density at radius 2 is 2.13 bits per heavy atom. The van der Waals surface area contributed by atoms with Gasteiger partial charge in [0.25, 0.3) is 0 Å². The van der Waals surface area contributed by atoms with E-state index in [2.05, 4.69) is 10.5 Å². The smallest absolute Gasteiger partial charge is 0.245 e. The fraction of sp³-hybridized carbons (Fsp3) is 0.500. The number of rotatable bonds is 7. The Bertz CT molecular complexity index is 568. The molecule has 1 aromatic rings. The summed E-state index contributed by atoms with van der Waals surface area (Å²) in [5.41, 5.74) is 3.25. The third-order valence-electron chi connectivity index (χ3n) is 3.27. The van der Waals surface area contributed by atoms with Crippen LogP contribution in [0, 0.1) is 0 Å². The van der Waals surface area contributed by atoms with E-state index in [-0.39, 0.29) is 12.3 Å². The molecule has 0 aromatic heterocycles. The van der Waals surface area contributed by atoms with Crippen LogP contribution in [0.3, 0.4) is 0 Å². The molecule has 0 bridgehead atoms. The van der Waals surface area contributed by atoms with Crippen molar-refractivity contribution in [2.24, 2.45) is 5.10 Å². The van der Waals surface area contributed by atoms with Gasteiger partial charge in [-0.05, 0) is 37.6 Å². The van der Waals surface area contributed by atoms with Gasteiger partial charge >= 0.3 is 0 Å². The van der Waals surface area contributed by atoms with Gasteiger partial charge in [-0.15, -0.1) is 0 Å². The topological polar surface area (TPSA) is 78.4 Å². The molecule has 0 radical (unpaired) electrons. The van der Waals surface area contributed by atoms with Gasteiger partial charge in [-0.3, -0.25) is 4.79 Å². The second kappa shape index (κ2) is 7.94. The second-order valence-electron chi connectivity index (χ2n) is 5.14. The Labute approximate surface area is 135 Å². The zero-order valence-corrected chi connectivity index (χ0v) is 13.6. The molecule has 1 aliphatic heterocycles. The number of ether oxygens (including phenoxy) is 4. The number of amides is 1. The highest BCUT2D eigenvalue weighted by Crippen LogP contribution is 2.27. The molecule has 1 N–H and O–H groups in total. The number of carbonyl (C=O) groups is 1. The third kappa shape index (κ3) is 4.94. The largest absolute Gasteiger partial charge is 0.493 e. The molecule has 1 amide bonds. The summed E-state index contributed by atoms with van der Waals surface area (Å²) in [5, 5.41) is 3.94. The van der Waals surface area contributed by atoms with E-state index in [0.717, 1.165) is 5.56 Å². The van der Waals surface area contributed by atoms with E-state index < -0.39 is 5.79 Å². The summed E-state index contributed by atoms with van der Waals surface area (Å²) in [5.74, 6) is 0.146. The van der Waals surface area contributed by atoms with E-state index in [1.807, 2.05) is 13.0 Å². The van der Waals surface area contributed by atoms with E-state index in [4.69, 9.17) is 18.9 Å². The van der Waals surface area contributed by atoms with E-state index in [9.17, 15) is 4.79 Å². The van der Waals surface area contributed by atoms with Crippen molar-refractivity contribution >= 4 is 12.1 Å². The summed E-state index contributed by atoms with van der Waals surface area (Å²) < 4.78 is 21.5. The Kier molecular flexibility index (Phi) is 5.95. The minimum atomic E-state index is -0.859. The van der Waals surface area contributed by atoms with Crippen molar-refractivity contribution in [2.45, 2.75) is 26.1 Å². The molecule has 126 valence electrons. The van der Waals surface area contributed by atoms with Crippen molar-refractivity contribution in [2.75, 3.05) is 26.9 Å². The van der Waals surface area contributed by atoms with Gasteiger partial charge in [0.1, 0.15) is 0 Å². The Morgan fingerprint density at radius 3 is 2.78 bits per heavy atom. The standard InChI is InChI=1S/C16H22N2O5/c1-4-21-14-9-12(5-6-13(14)20-3)11-17-18-15(19)10-16(2)22-7-8-23-16/h5-6,9,11H,4,7-8,10H2,1-3H3,(H,18,19)/b17-11-. The van der Waals surface area contributed by atoms with Crippen LogP contribution in [-0.2, 0) is 14.3 Å². The van der Waals surface area contributed by atoms with Crippen LogP contribution in [0.2, 0.25) is 0 Å². The first-order chi connectivity index (χ1) is 11.1. The van der Waals surface area contributed by atoms with E-state index in [0.29, 0.717) is 31.3 Å². The fourth-order valence-electron chi connectivity index (χ4n) is 2.21. The average molecular weight is 322 g/mol. The molecular weight excluding hydrogens is 300 g/mol. The van der Waals surface area contributed by atoms with E-state index >= 15 is 0 Å². The first-order valence-corrected chi connectivity index (χ1v) is 7.47. The SMILES string of the molecule is CCOc1cc(/C=N\NC(=O)CC2(C)OCCO2)ccc1OC. The minimum Gasteiger partial charge on any atom is -0.493 e. The normalized spacial score (nSPS) is 16.5. The Morgan fingerprint density at radius 1 is 1.39 bits per heavy atom. The monoisotopic (exact) mass is 322 g/mol. The molecule has 23 heavy (non-hydrogen) atoms. The molecule has 0 atom stereocenters. The van der Waals surface area contributed by atoms with Gasteiger partial charge in [0.2, 0.25) is 5.91 Å². The van der Waals surface area contributed by atoms with Crippen LogP contribution in [0.25, 0.3) is 0 Å². The number of nitrogens with zero attached hydrogens (tertiary/aromatic N) is 1. The highest BCUT2D eigenvalue weighted by atomic mass is 16.7. The molecule has 7 nitrogen and oxygen atoms in total. The highest BCUT2D eigenvalue weighted by molar-refractivity contribution is 5.83. The maximum Gasteiger partial charge on any atom is 0.245 e. The zero-order valence-electron chi connectivity index (χ0n) is 13.6. The molecule has 7 heteroatoms. The summed E-state index contributed by atoms with van der Waals surface area (Å²) in [7, 11) is 1.58. The van der Waals surface area contributed by atoms with Crippen molar-refractivity contribution in [1.82, 2.24) is 5.43 Å². The first-order valence-electron chi connectivity index (χ1n) is 7.47. The number of methoxy groups -OCH3 is 1. The van der Waals surface area contributed by atoms with Crippen LogP contribution < -0.4 is 14.9 Å². The quantitative estimate of drug-likeness (QED) is 0.610. The van der Waals surface area contributed by atoms with Crippen LogP contribution >= 0.6 is 0 Å². The van der Waals surface area contributed by atoms with Crippen LogP contribution in [0.15, 0.2) is 23.3 Å². The van der Waals surface area contributed by atoms with Gasteiger partial charge in [-0.2, -0.15) is 5.10 Å². The zero-order chi connectivity index (χ0) is 16.7. The lowest BCUT2D eigenvalue weighted by Gasteiger charge is -2.20. The predicted octanol–water partition coefficient (Wildman–Crippen LogP) is 1.70. The Balaban J connectivity index is 1.92. The number of hydrogen-bond donors (Lipinski definition) is 1. The van der Waals surface area contributed by atoms with Gasteiger partial charge < -0.3 is 18.9 Å². The van der Waals surface area contributed by atoms with Crippen LogP contribution in [0.5, 0.6) is 11.5 Å². The van der Waals surface area contributed by atoms with Crippen molar-refractivity contribution in [3.63, 3.8) is 0 Å². The van der Waals surface area contributed by atoms with Crippen molar-refractivity contribution in [3.05, 3.63) is 23.8 Å². The molecule has 0 aliphatic carbocycles. The summed E-state index contributed by atoms with van der Waals surface area (Å²) in [6.45, 7) is 5.17. The molecule has 1 aromatic carbocycles. The number of benzene rings is 1. The van der Waals surface area contributed by atoms with Crippen molar-refractivity contribution in [3.8, 4) is 11.5 Å². The fourth-order valence-corrected chi connectivity index (χ4v) is 2.21. The number of hydrazone groups is 1. The lowest BCUT2D eigenvalue weighted by atomic mass is 10.2.